The van der Waals surface area contributed by atoms with E-state index >= 15 is 0 Å². The van der Waals surface area contributed by atoms with Gasteiger partial charge in [0.1, 0.15) is 11.4 Å². The van der Waals surface area contributed by atoms with Gasteiger partial charge < -0.3 is 16.7 Å². The number of H-pyrrole nitrogens is 1. The molecular weight excluding hydrogens is 180 g/mol. The Labute approximate surface area is 70.4 Å². The number of aromatic nitrogens is 2. The number of nitrogen functional groups attached to an aromatic ring is 1. The molecule has 1 heterocycles. The minimum absolute atomic E-state index is 0.281. The fraction of sp³-hybridized carbons (Fsp3) is 0. The zero-order chi connectivity index (χ0) is 10.2. The van der Waals surface area contributed by atoms with Crippen LogP contribution < -0.4 is 22.7 Å². The summed E-state index contributed by atoms with van der Waals surface area (Å²) in [5.74, 6) is -1.59. The van der Waals surface area contributed by atoms with Crippen molar-refractivity contribution in [2.75, 3.05) is 5.73 Å². The van der Waals surface area contributed by atoms with E-state index in [9.17, 15) is 14.4 Å². The van der Waals surface area contributed by atoms with Crippen molar-refractivity contribution in [3.63, 3.8) is 0 Å². The number of nitrogens with two attached hydrogens (primary N) is 2. The van der Waals surface area contributed by atoms with Gasteiger partial charge in [0.25, 0.3) is 5.91 Å². The molecule has 1 rings (SSSR count). The van der Waals surface area contributed by atoms with Crippen LogP contribution in [0, 0.1) is 0 Å². The fourth-order valence-corrected chi connectivity index (χ4v) is 0.782. The Morgan fingerprint density at radius 2 is 2.00 bits per heavy atom. The van der Waals surface area contributed by atoms with E-state index in [0.29, 0.717) is 0 Å². The number of hydrogen-bond acceptors (Lipinski definition) is 5. The van der Waals surface area contributed by atoms with Crippen LogP contribution in [-0.2, 0) is 0 Å². The van der Waals surface area contributed by atoms with Crippen molar-refractivity contribution in [1.82, 2.24) is 9.71 Å². The van der Waals surface area contributed by atoms with Crippen LogP contribution in [0.5, 0.6) is 0 Å². The van der Waals surface area contributed by atoms with Crippen molar-refractivity contribution < 1.29 is 10.0 Å². The third-order valence-corrected chi connectivity index (χ3v) is 1.36. The largest absolute Gasteiger partial charge is 0.421 e. The average Bonchev–Trinajstić information content (AvgIpc) is 1.99. The Kier molecular flexibility index (Phi) is 1.81. The molecule has 13 heavy (non-hydrogen) atoms. The van der Waals surface area contributed by atoms with E-state index in [2.05, 4.69) is 0 Å². The zero-order valence-corrected chi connectivity index (χ0v) is 6.27. The Morgan fingerprint density at radius 3 is 2.46 bits per heavy atom. The van der Waals surface area contributed by atoms with E-state index in [1.54, 1.807) is 0 Å². The van der Waals surface area contributed by atoms with Crippen LogP contribution in [0.1, 0.15) is 10.4 Å². The van der Waals surface area contributed by atoms with E-state index in [0.717, 1.165) is 0 Å². The Balaban J connectivity index is 3.74. The number of nitrogens with zero attached hydrogens (tertiary/aromatic N) is 1. The molecule has 0 fully saturated rings. The molecule has 8 heteroatoms. The van der Waals surface area contributed by atoms with Gasteiger partial charge in [-0.3, -0.25) is 14.6 Å². The molecule has 1 amide bonds. The lowest BCUT2D eigenvalue weighted by molar-refractivity contribution is 0.0989. The van der Waals surface area contributed by atoms with Gasteiger partial charge in [0.15, 0.2) is 0 Å². The molecule has 0 aliphatic carbocycles. The number of aromatic amines is 1. The number of anilines is 1. The first-order chi connectivity index (χ1) is 5.95. The Hall–Kier alpha value is -2.25. The molecule has 0 unspecified atom stereocenters. The van der Waals surface area contributed by atoms with Crippen molar-refractivity contribution in [3.8, 4) is 0 Å². The van der Waals surface area contributed by atoms with Crippen LogP contribution >= 0.6 is 0 Å². The number of carbonyl (C=O) groups excluding carboxylic acids is 1. The van der Waals surface area contributed by atoms with Crippen LogP contribution in [0.3, 0.4) is 0 Å². The predicted molar refractivity (Wildman–Crippen MR) is 41.4 cm³/mol. The van der Waals surface area contributed by atoms with E-state index in [4.69, 9.17) is 16.7 Å². The summed E-state index contributed by atoms with van der Waals surface area (Å²) in [5.41, 5.74) is 6.86. The molecule has 0 aromatic carbocycles. The number of rotatable bonds is 1. The summed E-state index contributed by atoms with van der Waals surface area (Å²) in [6, 6.07) is 0. The van der Waals surface area contributed by atoms with E-state index in [1.807, 2.05) is 4.98 Å². The van der Waals surface area contributed by atoms with Crippen molar-refractivity contribution in [2.24, 2.45) is 5.73 Å². The molecule has 0 saturated heterocycles. The van der Waals surface area contributed by atoms with Gasteiger partial charge in [-0.1, -0.05) is 4.73 Å². The van der Waals surface area contributed by atoms with E-state index in [1.165, 1.54) is 0 Å². The summed E-state index contributed by atoms with van der Waals surface area (Å²) >= 11 is 0. The molecule has 6 N–H and O–H groups in total. The van der Waals surface area contributed by atoms with Gasteiger partial charge >= 0.3 is 11.2 Å². The SMILES string of the molecule is NC(=O)c1c(N)[nH]c(=O)n(O)c1=O. The topological polar surface area (TPSA) is 144 Å². The molecule has 0 bridgehead atoms. The first-order valence-corrected chi connectivity index (χ1v) is 3.09. The van der Waals surface area contributed by atoms with E-state index < -0.39 is 28.5 Å². The molecule has 0 aliphatic rings. The van der Waals surface area contributed by atoms with Crippen molar-refractivity contribution >= 4 is 11.7 Å². The highest BCUT2D eigenvalue weighted by molar-refractivity contribution is 5.96. The second-order valence-electron chi connectivity index (χ2n) is 2.20. The minimum atomic E-state index is -1.24. The van der Waals surface area contributed by atoms with Gasteiger partial charge in [0, 0.05) is 0 Å². The number of carbonyl (C=O) groups is 1. The molecule has 1 aromatic rings. The third-order valence-electron chi connectivity index (χ3n) is 1.36. The summed E-state index contributed by atoms with van der Waals surface area (Å²) in [6.45, 7) is 0. The Bertz CT molecular complexity index is 470. The van der Waals surface area contributed by atoms with Crippen molar-refractivity contribution in [1.29, 1.82) is 0 Å². The first-order valence-electron chi connectivity index (χ1n) is 3.09. The molecule has 0 radical (unpaired) electrons. The van der Waals surface area contributed by atoms with Gasteiger partial charge in [-0.2, -0.15) is 0 Å². The summed E-state index contributed by atoms with van der Waals surface area (Å²) in [6.07, 6.45) is 0. The number of nitrogens with one attached hydrogen (secondary N) is 1. The molecule has 1 aromatic heterocycles. The first kappa shape index (κ1) is 8.84. The van der Waals surface area contributed by atoms with Gasteiger partial charge in [0.05, 0.1) is 0 Å². The molecule has 0 aliphatic heterocycles. The maximum absolute atomic E-state index is 11.0. The van der Waals surface area contributed by atoms with Crippen molar-refractivity contribution in [2.45, 2.75) is 0 Å². The normalized spacial score (nSPS) is 9.85. The molecule has 70 valence electrons. The van der Waals surface area contributed by atoms with Crippen LogP contribution in [0.2, 0.25) is 0 Å². The summed E-state index contributed by atoms with van der Waals surface area (Å²) in [4.78, 5) is 34.1. The maximum Gasteiger partial charge on any atom is 0.363 e. The zero-order valence-electron chi connectivity index (χ0n) is 6.27. The fourth-order valence-electron chi connectivity index (χ4n) is 0.782. The molecule has 0 saturated carbocycles. The lowest BCUT2D eigenvalue weighted by Crippen LogP contribution is -2.39. The lowest BCUT2D eigenvalue weighted by Gasteiger charge is -2.00. The monoisotopic (exact) mass is 186 g/mol. The van der Waals surface area contributed by atoms with Gasteiger partial charge in [0.2, 0.25) is 0 Å². The quantitative estimate of drug-likeness (QED) is 0.357. The molecular formula is C5H6N4O4. The highest BCUT2D eigenvalue weighted by Gasteiger charge is 2.15. The van der Waals surface area contributed by atoms with Crippen LogP contribution in [-0.4, -0.2) is 20.8 Å². The average molecular weight is 186 g/mol. The lowest BCUT2D eigenvalue weighted by atomic mass is 10.3. The van der Waals surface area contributed by atoms with Gasteiger partial charge in [-0.25, -0.2) is 4.79 Å². The standard InChI is InChI=1S/C5H6N4O4/c6-2-1(3(7)10)4(11)9(13)5(12)8-2/h13H,6H2,(H2,7,10)(H,8,12). The number of primary amides is 1. The minimum Gasteiger partial charge on any atom is -0.421 e. The van der Waals surface area contributed by atoms with Crippen LogP contribution in [0.4, 0.5) is 5.82 Å². The molecule has 0 atom stereocenters. The maximum atomic E-state index is 11.0. The van der Waals surface area contributed by atoms with Crippen molar-refractivity contribution in [3.05, 3.63) is 26.4 Å². The second-order valence-corrected chi connectivity index (χ2v) is 2.20. The smallest absolute Gasteiger partial charge is 0.363 e. The summed E-state index contributed by atoms with van der Waals surface area (Å²) < 4.78 is -0.281. The van der Waals surface area contributed by atoms with E-state index in [-0.39, 0.29) is 4.73 Å². The third kappa shape index (κ3) is 1.24. The van der Waals surface area contributed by atoms with Crippen LogP contribution in [0.15, 0.2) is 9.59 Å². The predicted octanol–water partition coefficient (Wildman–Crippen LogP) is -2.55. The van der Waals surface area contributed by atoms with Crippen LogP contribution in [0.25, 0.3) is 0 Å². The molecule has 8 nitrogen and oxygen atoms in total. The number of hydrogen-bond donors (Lipinski definition) is 4. The highest BCUT2D eigenvalue weighted by atomic mass is 16.5. The summed E-state index contributed by atoms with van der Waals surface area (Å²) in [5, 5.41) is 8.76. The summed E-state index contributed by atoms with van der Waals surface area (Å²) in [7, 11) is 0. The second kappa shape index (κ2) is 2.66. The number of amides is 1. The molecule has 0 spiro atoms. The van der Waals surface area contributed by atoms with Gasteiger partial charge in [-0.15, -0.1) is 0 Å². The highest BCUT2D eigenvalue weighted by Crippen LogP contribution is 1.96. The Morgan fingerprint density at radius 1 is 1.46 bits per heavy atom. The van der Waals surface area contributed by atoms with Gasteiger partial charge in [-0.05, 0) is 0 Å².